The summed E-state index contributed by atoms with van der Waals surface area (Å²) >= 11 is 7.13. The Bertz CT molecular complexity index is 958. The third-order valence-electron chi connectivity index (χ3n) is 3.29. The molecule has 1 amide bonds. The van der Waals surface area contributed by atoms with Gasteiger partial charge in [-0.2, -0.15) is 0 Å². The normalized spacial score (nSPS) is 12.2. The molecule has 1 N–H and O–H groups in total. The molecule has 0 radical (unpaired) electrons. The number of halogens is 1. The van der Waals surface area contributed by atoms with E-state index in [0.717, 1.165) is 22.5 Å². The number of aromatic nitrogens is 2. The van der Waals surface area contributed by atoms with Crippen molar-refractivity contribution in [1.82, 2.24) is 10.2 Å². The smallest absolute Gasteiger partial charge is 0.250 e. The van der Waals surface area contributed by atoms with Gasteiger partial charge in [0.05, 0.1) is 16.6 Å². The lowest BCUT2D eigenvalue weighted by molar-refractivity contribution is -0.111. The van der Waals surface area contributed by atoms with Crippen LogP contribution in [0.15, 0.2) is 65.0 Å². The van der Waals surface area contributed by atoms with Gasteiger partial charge < -0.3 is 0 Å². The maximum absolute atomic E-state index is 12.3. The van der Waals surface area contributed by atoms with Gasteiger partial charge in [0.25, 0.3) is 0 Å². The monoisotopic (exact) mass is 403 g/mol. The van der Waals surface area contributed by atoms with E-state index in [4.69, 9.17) is 11.6 Å². The number of benzene rings is 2. The molecule has 0 aliphatic carbocycles. The first kappa shape index (κ1) is 18.4. The number of carbonyl (C=O) groups is 1. The lowest BCUT2D eigenvalue weighted by Crippen LogP contribution is -2.07. The second-order valence-electron chi connectivity index (χ2n) is 5.19. The van der Waals surface area contributed by atoms with Crippen LogP contribution in [0.4, 0.5) is 5.13 Å². The fourth-order valence-corrected chi connectivity index (χ4v) is 4.28. The van der Waals surface area contributed by atoms with E-state index >= 15 is 0 Å². The van der Waals surface area contributed by atoms with Crippen molar-refractivity contribution in [2.75, 3.05) is 5.32 Å². The SMILES string of the molecule is O=C(/C=C\c1ccccc1Cl)Nc1nnc([S@@](=O)Cc2ccccc2)s1. The predicted molar refractivity (Wildman–Crippen MR) is 106 cm³/mol. The van der Waals surface area contributed by atoms with Gasteiger partial charge in [-0.3, -0.25) is 14.3 Å². The molecule has 0 spiro atoms. The van der Waals surface area contributed by atoms with Crippen molar-refractivity contribution in [1.29, 1.82) is 0 Å². The molecule has 2 aromatic carbocycles. The second kappa shape index (κ2) is 8.84. The molecule has 3 rings (SSSR count). The molecule has 5 nitrogen and oxygen atoms in total. The van der Waals surface area contributed by atoms with Crippen LogP contribution in [0.2, 0.25) is 5.02 Å². The van der Waals surface area contributed by atoms with E-state index in [-0.39, 0.29) is 5.91 Å². The molecule has 8 heteroatoms. The van der Waals surface area contributed by atoms with Gasteiger partial charge in [-0.05, 0) is 23.3 Å². The van der Waals surface area contributed by atoms with E-state index in [1.807, 2.05) is 48.5 Å². The maximum Gasteiger partial charge on any atom is 0.250 e. The third kappa shape index (κ3) is 5.08. The van der Waals surface area contributed by atoms with Crippen LogP contribution in [-0.2, 0) is 21.3 Å². The molecule has 3 aromatic rings. The van der Waals surface area contributed by atoms with Crippen LogP contribution < -0.4 is 5.32 Å². The Morgan fingerprint density at radius 3 is 2.62 bits per heavy atom. The van der Waals surface area contributed by atoms with Crippen LogP contribution in [0.3, 0.4) is 0 Å². The van der Waals surface area contributed by atoms with E-state index in [9.17, 15) is 9.00 Å². The highest BCUT2D eigenvalue weighted by atomic mass is 35.5. The molecule has 0 saturated heterocycles. The quantitative estimate of drug-likeness (QED) is 0.495. The Balaban J connectivity index is 1.60. The fraction of sp³-hybridized carbons (Fsp3) is 0.0556. The summed E-state index contributed by atoms with van der Waals surface area (Å²) in [4.78, 5) is 12.0. The maximum atomic E-state index is 12.3. The molecule has 0 aliphatic heterocycles. The zero-order valence-corrected chi connectivity index (χ0v) is 15.9. The Morgan fingerprint density at radius 1 is 1.12 bits per heavy atom. The summed E-state index contributed by atoms with van der Waals surface area (Å²) in [5.41, 5.74) is 1.69. The van der Waals surface area contributed by atoms with Crippen LogP contribution in [0.1, 0.15) is 11.1 Å². The summed E-state index contributed by atoms with van der Waals surface area (Å²) in [5, 5.41) is 11.3. The van der Waals surface area contributed by atoms with Gasteiger partial charge in [0.15, 0.2) is 0 Å². The highest BCUT2D eigenvalue weighted by Gasteiger charge is 2.13. The number of nitrogens with one attached hydrogen (secondary N) is 1. The largest absolute Gasteiger partial charge is 0.297 e. The number of amides is 1. The topological polar surface area (TPSA) is 72.0 Å². The molecule has 0 saturated carbocycles. The molecule has 1 atom stereocenters. The van der Waals surface area contributed by atoms with Crippen LogP contribution >= 0.6 is 22.9 Å². The van der Waals surface area contributed by atoms with Gasteiger partial charge >= 0.3 is 0 Å². The molecule has 0 fully saturated rings. The second-order valence-corrected chi connectivity index (χ2v) is 8.20. The van der Waals surface area contributed by atoms with Crippen LogP contribution in [-0.4, -0.2) is 20.3 Å². The minimum absolute atomic E-state index is 0.301. The van der Waals surface area contributed by atoms with Crippen molar-refractivity contribution in [2.45, 2.75) is 10.1 Å². The van der Waals surface area contributed by atoms with E-state index in [1.165, 1.54) is 6.08 Å². The van der Waals surface area contributed by atoms with Crippen molar-refractivity contribution in [2.24, 2.45) is 0 Å². The molecule has 0 aliphatic rings. The summed E-state index contributed by atoms with van der Waals surface area (Å²) in [6, 6.07) is 16.7. The molecule has 132 valence electrons. The van der Waals surface area contributed by atoms with Gasteiger partial charge in [0, 0.05) is 11.1 Å². The Labute approximate surface area is 162 Å². The van der Waals surface area contributed by atoms with Gasteiger partial charge in [-0.15, -0.1) is 10.2 Å². The van der Waals surface area contributed by atoms with Crippen LogP contribution in [0.25, 0.3) is 6.08 Å². The summed E-state index contributed by atoms with van der Waals surface area (Å²) in [6.45, 7) is 0. The van der Waals surface area contributed by atoms with E-state index < -0.39 is 10.8 Å². The minimum Gasteiger partial charge on any atom is -0.297 e. The Kier molecular flexibility index (Phi) is 6.27. The number of anilines is 1. The number of nitrogens with zero attached hydrogens (tertiary/aromatic N) is 2. The number of carbonyl (C=O) groups excluding carboxylic acids is 1. The van der Waals surface area contributed by atoms with Gasteiger partial charge in [0.2, 0.25) is 15.4 Å². The summed E-state index contributed by atoms with van der Waals surface area (Å²) in [7, 11) is -1.31. The molecular formula is C18H14ClN3O2S2. The molecule has 0 bridgehead atoms. The highest BCUT2D eigenvalue weighted by molar-refractivity contribution is 7.86. The zero-order valence-electron chi connectivity index (χ0n) is 13.5. The number of hydrogen-bond acceptors (Lipinski definition) is 5. The van der Waals surface area contributed by atoms with E-state index in [1.54, 1.807) is 12.1 Å². The van der Waals surface area contributed by atoms with E-state index in [2.05, 4.69) is 15.5 Å². The molecule has 1 aromatic heterocycles. The van der Waals surface area contributed by atoms with Gasteiger partial charge in [-0.1, -0.05) is 71.5 Å². The summed E-state index contributed by atoms with van der Waals surface area (Å²) in [5.74, 6) is -0.00278. The minimum atomic E-state index is -1.31. The zero-order chi connectivity index (χ0) is 18.4. The molecular weight excluding hydrogens is 390 g/mol. The molecule has 0 unspecified atom stereocenters. The average molecular weight is 404 g/mol. The van der Waals surface area contributed by atoms with Crippen LogP contribution in [0.5, 0.6) is 0 Å². The first-order chi connectivity index (χ1) is 12.6. The predicted octanol–water partition coefficient (Wildman–Crippen LogP) is 4.15. The molecule has 1 heterocycles. The van der Waals surface area contributed by atoms with Crippen molar-refractivity contribution < 1.29 is 9.00 Å². The van der Waals surface area contributed by atoms with Crippen LogP contribution in [0, 0.1) is 0 Å². The molecule has 26 heavy (non-hydrogen) atoms. The van der Waals surface area contributed by atoms with Crippen molar-refractivity contribution >= 4 is 50.9 Å². The summed E-state index contributed by atoms with van der Waals surface area (Å²) < 4.78 is 12.7. The fourth-order valence-electron chi connectivity index (χ4n) is 2.06. The first-order valence-electron chi connectivity index (χ1n) is 7.61. The third-order valence-corrected chi connectivity index (χ3v) is 6.14. The first-order valence-corrected chi connectivity index (χ1v) is 10.1. The lowest BCUT2D eigenvalue weighted by Gasteiger charge is -1.98. The summed E-state index contributed by atoms with van der Waals surface area (Å²) in [6.07, 6.45) is 2.98. The Morgan fingerprint density at radius 2 is 1.85 bits per heavy atom. The van der Waals surface area contributed by atoms with Crippen molar-refractivity contribution in [3.8, 4) is 0 Å². The number of hydrogen-bond donors (Lipinski definition) is 1. The Hall–Kier alpha value is -2.35. The average Bonchev–Trinajstić information content (AvgIpc) is 3.10. The number of rotatable bonds is 6. The van der Waals surface area contributed by atoms with Crippen molar-refractivity contribution in [3.63, 3.8) is 0 Å². The van der Waals surface area contributed by atoms with Gasteiger partial charge in [-0.25, -0.2) is 0 Å². The standard InChI is InChI=1S/C18H14ClN3O2S2/c19-15-9-5-4-8-14(15)10-11-16(23)20-17-21-22-18(25-17)26(24)12-13-6-2-1-3-7-13/h1-11H,12H2,(H,20,21,23)/b11-10-/t26-/m0/s1. The van der Waals surface area contributed by atoms with E-state index in [0.29, 0.717) is 20.2 Å². The van der Waals surface area contributed by atoms with Crippen molar-refractivity contribution in [3.05, 3.63) is 76.8 Å². The lowest BCUT2D eigenvalue weighted by atomic mass is 10.2. The van der Waals surface area contributed by atoms with Gasteiger partial charge in [0.1, 0.15) is 0 Å². The highest BCUT2D eigenvalue weighted by Crippen LogP contribution is 2.21.